The fraction of sp³-hybridized carbons (Fsp3) is 0.111. The van der Waals surface area contributed by atoms with Crippen molar-refractivity contribution in [3.05, 3.63) is 49.1 Å². The van der Waals surface area contributed by atoms with Gasteiger partial charge in [-0.1, -0.05) is 49.1 Å². The van der Waals surface area contributed by atoms with Gasteiger partial charge in [0.25, 0.3) is 0 Å². The van der Waals surface area contributed by atoms with E-state index in [0.29, 0.717) is 0 Å². The van der Waals surface area contributed by atoms with E-state index >= 15 is 0 Å². The molecule has 0 saturated carbocycles. The van der Waals surface area contributed by atoms with Gasteiger partial charge in [0.2, 0.25) is 0 Å². The first kappa shape index (κ1) is 7.96. The predicted molar refractivity (Wildman–Crippen MR) is 43.3 cm³/mol. The molecule has 0 aliphatic heterocycles. The maximum Gasteiger partial charge on any atom is -0.0467 e. The Kier molecular flexibility index (Phi) is 6.16. The van der Waals surface area contributed by atoms with E-state index in [0.717, 1.165) is 0 Å². The van der Waals surface area contributed by atoms with Gasteiger partial charge in [-0.3, -0.25) is 0 Å². The van der Waals surface area contributed by atoms with Crippen molar-refractivity contribution in [2.75, 3.05) is 0 Å². The maximum absolute atomic E-state index is 3.54. The summed E-state index contributed by atoms with van der Waals surface area (Å²) in [6, 6.07) is 0. The molecule has 0 radical (unpaired) electrons. The van der Waals surface area contributed by atoms with Crippen LogP contribution in [0.2, 0.25) is 0 Å². The summed E-state index contributed by atoms with van der Waals surface area (Å²) in [5, 5.41) is 0. The van der Waals surface area contributed by atoms with Gasteiger partial charge in [-0.25, -0.2) is 0 Å². The first-order valence-electron chi connectivity index (χ1n) is 2.99. The van der Waals surface area contributed by atoms with Crippen LogP contribution in [0.4, 0.5) is 0 Å². The summed E-state index contributed by atoms with van der Waals surface area (Å²) in [5.41, 5.74) is 0. The van der Waals surface area contributed by atoms with Gasteiger partial charge in [-0.15, -0.1) is 0 Å². The van der Waals surface area contributed by atoms with Crippen molar-refractivity contribution in [1.29, 1.82) is 0 Å². The second-order valence-electron chi connectivity index (χ2n) is 1.53. The highest BCUT2D eigenvalue weighted by molar-refractivity contribution is 5.13. The van der Waals surface area contributed by atoms with E-state index in [4.69, 9.17) is 0 Å². The lowest BCUT2D eigenvalue weighted by molar-refractivity contribution is 1.73. The Morgan fingerprint density at radius 3 is 2.00 bits per heavy atom. The van der Waals surface area contributed by atoms with Gasteiger partial charge in [0.15, 0.2) is 0 Å². The van der Waals surface area contributed by atoms with E-state index in [9.17, 15) is 0 Å². The second-order valence-corrected chi connectivity index (χ2v) is 1.53. The van der Waals surface area contributed by atoms with Crippen LogP contribution >= 0.6 is 0 Å². The van der Waals surface area contributed by atoms with Crippen LogP contribution in [0, 0.1) is 0 Å². The number of rotatable bonds is 3. The summed E-state index contributed by atoms with van der Waals surface area (Å²) in [4.78, 5) is 0. The van der Waals surface area contributed by atoms with Crippen LogP contribution < -0.4 is 0 Å². The minimum absolute atomic E-state index is 1.75. The average Bonchev–Trinajstić information content (AvgIpc) is 1.89. The molecule has 0 N–H and O–H groups in total. The van der Waals surface area contributed by atoms with Gasteiger partial charge in [-0.05, 0) is 6.92 Å². The Morgan fingerprint density at radius 2 is 1.44 bits per heavy atom. The SMILES string of the molecule is C=C\C=C/C=C\C=C/C. The largest absolute Gasteiger partial charge is 0.0991 e. The minimum atomic E-state index is 1.75. The molecule has 0 unspecified atom stereocenters. The Labute approximate surface area is 56.9 Å². The highest BCUT2D eigenvalue weighted by Gasteiger charge is 1.57. The summed E-state index contributed by atoms with van der Waals surface area (Å²) in [5.74, 6) is 0. The molecule has 0 nitrogen and oxygen atoms in total. The van der Waals surface area contributed by atoms with Crippen LogP contribution in [-0.2, 0) is 0 Å². The molecule has 0 aliphatic carbocycles. The molecule has 0 rings (SSSR count). The standard InChI is InChI=1S/C9H12/c1-3-5-7-9-8-6-4-2/h3-9H,1H2,2H3/b6-4-,7-5-,9-8-. The Hall–Kier alpha value is -1.04. The normalized spacial score (nSPS) is 12.1. The van der Waals surface area contributed by atoms with Crippen molar-refractivity contribution >= 4 is 0 Å². The molecular weight excluding hydrogens is 108 g/mol. The van der Waals surface area contributed by atoms with Crippen molar-refractivity contribution in [3.8, 4) is 0 Å². The number of allylic oxidation sites excluding steroid dienone is 7. The smallest absolute Gasteiger partial charge is 0.0467 e. The highest BCUT2D eigenvalue weighted by atomic mass is 13.6. The van der Waals surface area contributed by atoms with E-state index in [1.165, 1.54) is 0 Å². The van der Waals surface area contributed by atoms with Gasteiger partial charge in [-0.2, -0.15) is 0 Å². The topological polar surface area (TPSA) is 0 Å². The van der Waals surface area contributed by atoms with Gasteiger partial charge in [0.1, 0.15) is 0 Å². The summed E-state index contributed by atoms with van der Waals surface area (Å²) in [7, 11) is 0. The van der Waals surface area contributed by atoms with Crippen molar-refractivity contribution in [3.63, 3.8) is 0 Å². The van der Waals surface area contributed by atoms with Crippen LogP contribution in [0.1, 0.15) is 6.92 Å². The van der Waals surface area contributed by atoms with E-state index in [1.54, 1.807) is 6.08 Å². The van der Waals surface area contributed by atoms with Gasteiger partial charge in [0.05, 0.1) is 0 Å². The van der Waals surface area contributed by atoms with Crippen molar-refractivity contribution in [2.24, 2.45) is 0 Å². The molecule has 0 saturated heterocycles. The van der Waals surface area contributed by atoms with Crippen LogP contribution in [0.5, 0.6) is 0 Å². The van der Waals surface area contributed by atoms with E-state index in [-0.39, 0.29) is 0 Å². The first-order chi connectivity index (χ1) is 4.41. The zero-order chi connectivity index (χ0) is 6.95. The molecule has 0 aliphatic rings. The monoisotopic (exact) mass is 120 g/mol. The molecule has 0 atom stereocenters. The molecule has 0 aromatic rings. The first-order valence-corrected chi connectivity index (χ1v) is 2.99. The van der Waals surface area contributed by atoms with Crippen LogP contribution in [0.3, 0.4) is 0 Å². The van der Waals surface area contributed by atoms with Gasteiger partial charge >= 0.3 is 0 Å². The fourth-order valence-electron chi connectivity index (χ4n) is 0.382. The molecule has 0 aromatic heterocycles. The molecule has 0 bridgehead atoms. The zero-order valence-electron chi connectivity index (χ0n) is 5.75. The van der Waals surface area contributed by atoms with Crippen LogP contribution in [0.25, 0.3) is 0 Å². The summed E-state index contributed by atoms with van der Waals surface area (Å²) in [6.45, 7) is 5.53. The summed E-state index contributed by atoms with van der Waals surface area (Å²) >= 11 is 0. The third kappa shape index (κ3) is 6.96. The molecule has 0 fully saturated rings. The second kappa shape index (κ2) is 6.96. The molecular formula is C9H12. The van der Waals surface area contributed by atoms with Crippen molar-refractivity contribution < 1.29 is 0 Å². The Bertz CT molecular complexity index is 136. The summed E-state index contributed by atoms with van der Waals surface area (Å²) < 4.78 is 0. The molecule has 0 spiro atoms. The molecule has 0 aromatic carbocycles. The minimum Gasteiger partial charge on any atom is -0.0991 e. The molecule has 9 heavy (non-hydrogen) atoms. The molecule has 48 valence electrons. The third-order valence-electron chi connectivity index (χ3n) is 0.773. The third-order valence-corrected chi connectivity index (χ3v) is 0.773. The lowest BCUT2D eigenvalue weighted by atomic mass is 10.4. The van der Waals surface area contributed by atoms with Crippen LogP contribution in [-0.4, -0.2) is 0 Å². The predicted octanol–water partition coefficient (Wildman–Crippen LogP) is 2.86. The van der Waals surface area contributed by atoms with Gasteiger partial charge < -0.3 is 0 Å². The van der Waals surface area contributed by atoms with Crippen LogP contribution in [0.15, 0.2) is 49.1 Å². The average molecular weight is 120 g/mol. The van der Waals surface area contributed by atoms with Crippen molar-refractivity contribution in [2.45, 2.75) is 6.92 Å². The van der Waals surface area contributed by atoms with Gasteiger partial charge in [0, 0.05) is 0 Å². The van der Waals surface area contributed by atoms with E-state index in [2.05, 4.69) is 6.58 Å². The maximum atomic E-state index is 3.54. The Balaban J connectivity index is 3.46. The van der Waals surface area contributed by atoms with E-state index in [1.807, 2.05) is 43.4 Å². The lowest BCUT2D eigenvalue weighted by Gasteiger charge is -1.69. The molecule has 0 heteroatoms. The molecule has 0 heterocycles. The fourth-order valence-corrected chi connectivity index (χ4v) is 0.382. The quantitative estimate of drug-likeness (QED) is 0.502. The zero-order valence-corrected chi connectivity index (χ0v) is 5.75. The number of hydrogen-bond acceptors (Lipinski definition) is 0. The van der Waals surface area contributed by atoms with E-state index < -0.39 is 0 Å². The molecule has 0 amide bonds. The number of hydrogen-bond donors (Lipinski definition) is 0. The Morgan fingerprint density at radius 1 is 0.889 bits per heavy atom. The van der Waals surface area contributed by atoms with Crippen molar-refractivity contribution in [1.82, 2.24) is 0 Å². The highest BCUT2D eigenvalue weighted by Crippen LogP contribution is 1.79. The summed E-state index contributed by atoms with van der Waals surface area (Å²) in [6.07, 6.45) is 13.5. The lowest BCUT2D eigenvalue weighted by Crippen LogP contribution is -1.47.